The van der Waals surface area contributed by atoms with Crippen molar-refractivity contribution >= 4 is 5.69 Å². The molecule has 2 atom stereocenters. The minimum atomic E-state index is -1.76. The van der Waals surface area contributed by atoms with Crippen LogP contribution in [0.3, 0.4) is 0 Å². The molecule has 0 fully saturated rings. The molecule has 1 aliphatic heterocycles. The van der Waals surface area contributed by atoms with E-state index in [4.69, 9.17) is 5.73 Å². The molecule has 4 rings (SSSR count). The van der Waals surface area contributed by atoms with Gasteiger partial charge in [-0.2, -0.15) is 15.8 Å². The lowest BCUT2D eigenvalue weighted by atomic mass is 9.58. The molecule has 2 N–H and O–H groups in total. The smallest absolute Gasteiger partial charge is 0.269 e. The summed E-state index contributed by atoms with van der Waals surface area (Å²) in [6, 6.07) is 22.1. The fraction of sp³-hybridized carbons (Fsp3) is 0.240. The Labute approximate surface area is 191 Å². The molecule has 1 heterocycles. The summed E-state index contributed by atoms with van der Waals surface area (Å²) in [4.78, 5) is 12.8. The monoisotopic (exact) mass is 436 g/mol. The number of hydrogen-bond donors (Lipinski definition) is 1. The van der Waals surface area contributed by atoms with E-state index >= 15 is 0 Å². The summed E-state index contributed by atoms with van der Waals surface area (Å²) in [6.45, 7) is 1.77. The molecule has 1 aliphatic carbocycles. The van der Waals surface area contributed by atoms with E-state index in [2.05, 4.69) is 23.1 Å². The standard InChI is InChI=1S/C25H20N6O2/c26-12-21-20-10-11-30(13-17-4-2-1-3-5-17)14-22(20)23(25(15-27,16-28)24(21)29)18-6-8-19(9-7-18)31(32)33/h1-10,22-23H,11,13-14,29H2. The van der Waals surface area contributed by atoms with Crippen LogP contribution in [0.25, 0.3) is 0 Å². The zero-order chi connectivity index (χ0) is 23.6. The first-order valence-corrected chi connectivity index (χ1v) is 10.4. The van der Waals surface area contributed by atoms with Crippen molar-refractivity contribution in [1.82, 2.24) is 4.90 Å². The van der Waals surface area contributed by atoms with Gasteiger partial charge in [0.15, 0.2) is 5.41 Å². The largest absolute Gasteiger partial charge is 0.399 e. The van der Waals surface area contributed by atoms with Gasteiger partial charge in [-0.1, -0.05) is 48.5 Å². The van der Waals surface area contributed by atoms with Gasteiger partial charge < -0.3 is 5.73 Å². The summed E-state index contributed by atoms with van der Waals surface area (Å²) in [5.74, 6) is -1.04. The molecule has 8 nitrogen and oxygen atoms in total. The SMILES string of the molecule is N#CC1=C(N)C(C#N)(C#N)C(c2ccc([N+](=O)[O-])cc2)C2CN(Cc3ccccc3)CC=C12. The third-order valence-corrected chi connectivity index (χ3v) is 6.45. The molecule has 0 saturated carbocycles. The van der Waals surface area contributed by atoms with Gasteiger partial charge in [0, 0.05) is 43.6 Å². The van der Waals surface area contributed by atoms with Gasteiger partial charge in [0.1, 0.15) is 6.07 Å². The first-order valence-electron chi connectivity index (χ1n) is 10.4. The number of nitro groups is 1. The first kappa shape index (κ1) is 21.8. The molecule has 2 aromatic rings. The van der Waals surface area contributed by atoms with Crippen molar-refractivity contribution in [1.29, 1.82) is 15.8 Å². The molecule has 2 aliphatic rings. The Hall–Kier alpha value is -4.45. The van der Waals surface area contributed by atoms with Gasteiger partial charge >= 0.3 is 0 Å². The molecule has 0 bridgehead atoms. The average Bonchev–Trinajstić information content (AvgIpc) is 2.84. The predicted octanol–water partition coefficient (Wildman–Crippen LogP) is 3.52. The van der Waals surface area contributed by atoms with E-state index < -0.39 is 16.3 Å². The fourth-order valence-electron chi connectivity index (χ4n) is 4.89. The Kier molecular flexibility index (Phi) is 5.67. The number of allylic oxidation sites excluding steroid dienone is 2. The number of nitriles is 3. The maximum atomic E-state index is 11.1. The number of nitrogens with zero attached hydrogens (tertiary/aromatic N) is 5. The van der Waals surface area contributed by atoms with Crippen LogP contribution in [0.15, 0.2) is 77.5 Å². The highest BCUT2D eigenvalue weighted by molar-refractivity contribution is 5.59. The number of rotatable bonds is 4. The maximum absolute atomic E-state index is 11.1. The highest BCUT2D eigenvalue weighted by Gasteiger charge is 2.54. The van der Waals surface area contributed by atoms with Gasteiger partial charge in [-0.15, -0.1) is 0 Å². The number of nitrogens with two attached hydrogens (primary N) is 1. The van der Waals surface area contributed by atoms with E-state index in [1.54, 1.807) is 12.1 Å². The van der Waals surface area contributed by atoms with Crippen LogP contribution in [0, 0.1) is 55.4 Å². The Bertz CT molecular complexity index is 1260. The molecule has 33 heavy (non-hydrogen) atoms. The van der Waals surface area contributed by atoms with Gasteiger partial charge in [0.2, 0.25) is 0 Å². The average molecular weight is 436 g/mol. The summed E-state index contributed by atoms with van der Waals surface area (Å²) in [6.07, 6.45) is 1.94. The second-order valence-electron chi connectivity index (χ2n) is 8.20. The van der Waals surface area contributed by atoms with Crippen LogP contribution in [-0.2, 0) is 6.54 Å². The number of non-ortho nitro benzene ring substituents is 1. The molecular weight excluding hydrogens is 416 g/mol. The third-order valence-electron chi connectivity index (χ3n) is 6.45. The lowest BCUT2D eigenvalue weighted by molar-refractivity contribution is -0.384. The lowest BCUT2D eigenvalue weighted by Crippen LogP contribution is -2.47. The van der Waals surface area contributed by atoms with Crippen LogP contribution in [0.5, 0.6) is 0 Å². The van der Waals surface area contributed by atoms with Gasteiger partial charge in [0.05, 0.1) is 28.3 Å². The van der Waals surface area contributed by atoms with Crippen LogP contribution < -0.4 is 5.73 Å². The number of benzene rings is 2. The zero-order valence-corrected chi connectivity index (χ0v) is 17.7. The van der Waals surface area contributed by atoms with E-state index in [9.17, 15) is 25.9 Å². The summed E-state index contributed by atoms with van der Waals surface area (Å²) in [5, 5.41) is 41.3. The van der Waals surface area contributed by atoms with E-state index in [1.165, 1.54) is 12.1 Å². The molecule has 2 unspecified atom stereocenters. The number of fused-ring (bicyclic) bond motifs is 1. The lowest BCUT2D eigenvalue weighted by Gasteiger charge is -2.45. The van der Waals surface area contributed by atoms with Gasteiger partial charge in [-0.25, -0.2) is 0 Å². The van der Waals surface area contributed by atoms with E-state index in [1.807, 2.05) is 36.4 Å². The Morgan fingerprint density at radius 2 is 1.76 bits per heavy atom. The van der Waals surface area contributed by atoms with Crippen molar-refractivity contribution in [3.63, 3.8) is 0 Å². The fourth-order valence-corrected chi connectivity index (χ4v) is 4.89. The highest BCUT2D eigenvalue weighted by atomic mass is 16.6. The predicted molar refractivity (Wildman–Crippen MR) is 120 cm³/mol. The second-order valence-corrected chi connectivity index (χ2v) is 8.20. The summed E-state index contributed by atoms with van der Waals surface area (Å²) in [5.41, 5.74) is 7.03. The van der Waals surface area contributed by atoms with Crippen LogP contribution in [0.1, 0.15) is 17.0 Å². The molecule has 0 radical (unpaired) electrons. The van der Waals surface area contributed by atoms with Crippen molar-refractivity contribution < 1.29 is 4.92 Å². The number of hydrogen-bond acceptors (Lipinski definition) is 7. The van der Waals surface area contributed by atoms with E-state index in [0.29, 0.717) is 25.2 Å². The summed E-state index contributed by atoms with van der Waals surface area (Å²) in [7, 11) is 0. The van der Waals surface area contributed by atoms with Gasteiger partial charge in [-0.05, 0) is 16.7 Å². The minimum absolute atomic E-state index is 0.0580. The molecule has 2 aromatic carbocycles. The van der Waals surface area contributed by atoms with Gasteiger partial charge in [-0.3, -0.25) is 15.0 Å². The van der Waals surface area contributed by atoms with Crippen molar-refractivity contribution in [2.75, 3.05) is 13.1 Å². The normalized spacial score (nSPS) is 21.7. The number of nitro benzene ring substituents is 1. The molecule has 0 spiro atoms. The Morgan fingerprint density at radius 1 is 1.09 bits per heavy atom. The van der Waals surface area contributed by atoms with Crippen LogP contribution in [0.4, 0.5) is 5.69 Å². The van der Waals surface area contributed by atoms with Crippen molar-refractivity contribution in [2.45, 2.75) is 12.5 Å². The Morgan fingerprint density at radius 3 is 2.33 bits per heavy atom. The van der Waals surface area contributed by atoms with E-state index in [-0.39, 0.29) is 22.9 Å². The molecular formula is C25H20N6O2. The van der Waals surface area contributed by atoms with Crippen LogP contribution >= 0.6 is 0 Å². The van der Waals surface area contributed by atoms with Crippen molar-refractivity contribution in [3.8, 4) is 18.2 Å². The van der Waals surface area contributed by atoms with E-state index in [0.717, 1.165) is 11.1 Å². The van der Waals surface area contributed by atoms with Crippen molar-refractivity contribution in [3.05, 3.63) is 98.8 Å². The highest BCUT2D eigenvalue weighted by Crippen LogP contribution is 2.54. The quantitative estimate of drug-likeness (QED) is 0.570. The molecule has 162 valence electrons. The summed E-state index contributed by atoms with van der Waals surface area (Å²) >= 11 is 0. The topological polar surface area (TPSA) is 144 Å². The van der Waals surface area contributed by atoms with Gasteiger partial charge in [0.25, 0.3) is 5.69 Å². The Balaban J connectivity index is 1.84. The molecule has 0 aromatic heterocycles. The molecule has 8 heteroatoms. The third kappa shape index (κ3) is 3.61. The van der Waals surface area contributed by atoms with Crippen molar-refractivity contribution in [2.24, 2.45) is 17.1 Å². The first-order chi connectivity index (χ1) is 15.9. The van der Waals surface area contributed by atoms with Crippen LogP contribution in [-0.4, -0.2) is 22.9 Å². The second kappa shape index (κ2) is 8.59. The zero-order valence-electron chi connectivity index (χ0n) is 17.7. The summed E-state index contributed by atoms with van der Waals surface area (Å²) < 4.78 is 0. The molecule has 0 saturated heterocycles. The minimum Gasteiger partial charge on any atom is -0.399 e. The molecule has 0 amide bonds. The van der Waals surface area contributed by atoms with Crippen LogP contribution in [0.2, 0.25) is 0 Å². The maximum Gasteiger partial charge on any atom is 0.269 e.